The maximum atomic E-state index is 13.0. The van der Waals surface area contributed by atoms with Crippen LogP contribution in [0.4, 0.5) is 0 Å². The molecule has 2 aromatic heterocycles. The molecule has 27 heavy (non-hydrogen) atoms. The van der Waals surface area contributed by atoms with E-state index < -0.39 is 5.60 Å². The normalized spacial score (nSPS) is 24.8. The van der Waals surface area contributed by atoms with Crippen LogP contribution in [0.15, 0.2) is 16.1 Å². The molecule has 1 aliphatic carbocycles. The SMILES string of the molecule is CSc1ncc2c(=O)n(CC3(O)CCN([C]=O)CC34CCCC4)n(C)c2n1. The van der Waals surface area contributed by atoms with E-state index in [0.717, 1.165) is 25.7 Å². The molecule has 2 fully saturated rings. The lowest BCUT2D eigenvalue weighted by atomic mass is 9.66. The highest BCUT2D eigenvalue weighted by molar-refractivity contribution is 7.98. The molecule has 145 valence electrons. The van der Waals surface area contributed by atoms with Crippen LogP contribution >= 0.6 is 11.8 Å². The van der Waals surface area contributed by atoms with Gasteiger partial charge in [-0.05, 0) is 25.5 Å². The van der Waals surface area contributed by atoms with Gasteiger partial charge in [0.25, 0.3) is 5.56 Å². The lowest BCUT2D eigenvalue weighted by molar-refractivity contribution is -0.135. The summed E-state index contributed by atoms with van der Waals surface area (Å²) in [6.45, 7) is 1.15. The Hall–Kier alpha value is -1.87. The average molecular weight is 390 g/mol. The molecule has 0 bridgehead atoms. The van der Waals surface area contributed by atoms with Gasteiger partial charge in [0, 0.05) is 31.7 Å². The van der Waals surface area contributed by atoms with Crippen molar-refractivity contribution < 1.29 is 9.90 Å². The zero-order chi connectivity index (χ0) is 19.2. The van der Waals surface area contributed by atoms with E-state index >= 15 is 0 Å². The number of thioether (sulfide) groups is 1. The summed E-state index contributed by atoms with van der Waals surface area (Å²) in [5.74, 6) is 0. The summed E-state index contributed by atoms with van der Waals surface area (Å²) >= 11 is 1.42. The number of rotatable bonds is 4. The molecule has 1 radical (unpaired) electrons. The molecule has 1 N–H and O–H groups in total. The van der Waals surface area contributed by atoms with Crippen molar-refractivity contribution in [3.8, 4) is 0 Å². The molecule has 8 nitrogen and oxygen atoms in total. The molecular weight excluding hydrogens is 366 g/mol. The minimum absolute atomic E-state index is 0.189. The summed E-state index contributed by atoms with van der Waals surface area (Å²) in [6.07, 6.45) is 9.66. The molecule has 4 rings (SSSR count). The zero-order valence-electron chi connectivity index (χ0n) is 15.6. The number of fused-ring (bicyclic) bond motifs is 1. The van der Waals surface area contributed by atoms with Gasteiger partial charge >= 0.3 is 6.41 Å². The van der Waals surface area contributed by atoms with Crippen molar-refractivity contribution in [2.24, 2.45) is 12.5 Å². The summed E-state index contributed by atoms with van der Waals surface area (Å²) in [5.41, 5.74) is -1.04. The van der Waals surface area contributed by atoms with Crippen molar-refractivity contribution in [2.45, 2.75) is 49.4 Å². The summed E-state index contributed by atoms with van der Waals surface area (Å²) in [5, 5.41) is 12.8. The van der Waals surface area contributed by atoms with Crippen LogP contribution < -0.4 is 5.56 Å². The third kappa shape index (κ3) is 2.79. The van der Waals surface area contributed by atoms with Crippen molar-refractivity contribution in [1.82, 2.24) is 24.2 Å². The van der Waals surface area contributed by atoms with E-state index in [9.17, 15) is 14.7 Å². The summed E-state index contributed by atoms with van der Waals surface area (Å²) in [6, 6.07) is 0. The first-order chi connectivity index (χ1) is 12.9. The lowest BCUT2D eigenvalue weighted by Crippen LogP contribution is -2.61. The van der Waals surface area contributed by atoms with Crippen LogP contribution in [0, 0.1) is 5.41 Å². The Morgan fingerprint density at radius 2 is 2.07 bits per heavy atom. The number of piperidine rings is 1. The monoisotopic (exact) mass is 390 g/mol. The van der Waals surface area contributed by atoms with Crippen LogP contribution in [0.2, 0.25) is 0 Å². The number of amides is 1. The first-order valence-corrected chi connectivity index (χ1v) is 10.5. The smallest absolute Gasteiger partial charge is 0.312 e. The average Bonchev–Trinajstić information content (AvgIpc) is 3.24. The lowest BCUT2D eigenvalue weighted by Gasteiger charge is -2.51. The highest BCUT2D eigenvalue weighted by Crippen LogP contribution is 2.51. The molecule has 1 saturated heterocycles. The number of hydrogen-bond donors (Lipinski definition) is 1. The van der Waals surface area contributed by atoms with Crippen LogP contribution in [0.1, 0.15) is 32.1 Å². The molecule has 1 saturated carbocycles. The van der Waals surface area contributed by atoms with Crippen LogP contribution in [0.5, 0.6) is 0 Å². The van der Waals surface area contributed by atoms with Gasteiger partial charge in [-0.2, -0.15) is 0 Å². The van der Waals surface area contributed by atoms with Crippen LogP contribution in [0.25, 0.3) is 11.0 Å². The van der Waals surface area contributed by atoms with E-state index in [1.165, 1.54) is 11.8 Å². The van der Waals surface area contributed by atoms with Gasteiger partial charge in [-0.25, -0.2) is 14.6 Å². The third-order valence-corrected chi connectivity index (χ3v) is 7.00. The molecular formula is C18H24N5O3S. The highest BCUT2D eigenvalue weighted by Gasteiger charge is 2.55. The summed E-state index contributed by atoms with van der Waals surface area (Å²) < 4.78 is 3.29. The molecule has 9 heteroatoms. The minimum atomic E-state index is -1.04. The van der Waals surface area contributed by atoms with Crippen molar-refractivity contribution in [2.75, 3.05) is 19.3 Å². The van der Waals surface area contributed by atoms with Crippen LogP contribution in [-0.4, -0.2) is 60.7 Å². The van der Waals surface area contributed by atoms with Gasteiger partial charge in [-0.15, -0.1) is 0 Å². The Labute approximate surface area is 161 Å². The number of likely N-dealkylation sites (tertiary alicyclic amines) is 1. The molecule has 1 unspecified atom stereocenters. The molecule has 1 spiro atoms. The molecule has 1 aliphatic heterocycles. The van der Waals surface area contributed by atoms with Gasteiger partial charge in [-0.1, -0.05) is 24.6 Å². The molecule has 1 amide bonds. The second kappa shape index (κ2) is 6.63. The van der Waals surface area contributed by atoms with Gasteiger partial charge in [0.15, 0.2) is 10.8 Å². The second-order valence-electron chi connectivity index (χ2n) is 7.76. The highest BCUT2D eigenvalue weighted by atomic mass is 32.2. The predicted octanol–water partition coefficient (Wildman–Crippen LogP) is 0.916. The zero-order valence-corrected chi connectivity index (χ0v) is 16.5. The van der Waals surface area contributed by atoms with E-state index in [1.807, 2.05) is 12.7 Å². The maximum Gasteiger partial charge on any atom is 0.312 e. The topological polar surface area (TPSA) is 93.3 Å². The fraction of sp³-hybridized carbons (Fsp3) is 0.667. The maximum absolute atomic E-state index is 13.0. The van der Waals surface area contributed by atoms with Gasteiger partial charge in [0.1, 0.15) is 5.39 Å². The standard InChI is InChI=1S/C18H24N5O3S/c1-21-14-13(9-19-16(20-14)27-2)15(25)23(21)11-18(26)7-8-22(12-24)10-17(18)5-3-4-6-17/h9,26H,3-8,10-11H2,1-2H3. The number of nitrogens with zero attached hydrogens (tertiary/aromatic N) is 5. The van der Waals surface area contributed by atoms with Crippen molar-refractivity contribution in [1.29, 1.82) is 0 Å². The van der Waals surface area contributed by atoms with Gasteiger partial charge < -0.3 is 10.0 Å². The van der Waals surface area contributed by atoms with Crippen molar-refractivity contribution in [3.05, 3.63) is 16.6 Å². The van der Waals surface area contributed by atoms with Crippen LogP contribution in [0.3, 0.4) is 0 Å². The molecule has 1 atom stereocenters. The molecule has 2 aliphatic rings. The summed E-state index contributed by atoms with van der Waals surface area (Å²) in [7, 11) is 1.79. The van der Waals surface area contributed by atoms with E-state index in [-0.39, 0.29) is 17.5 Å². The Balaban J connectivity index is 1.76. The van der Waals surface area contributed by atoms with E-state index in [0.29, 0.717) is 35.7 Å². The Morgan fingerprint density at radius 1 is 1.33 bits per heavy atom. The number of carbonyl (C=O) groups excluding carboxylic acids is 1. The van der Waals surface area contributed by atoms with Gasteiger partial charge in [0.2, 0.25) is 0 Å². The summed E-state index contributed by atoms with van der Waals surface area (Å²) in [4.78, 5) is 34.5. The Kier molecular flexibility index (Phi) is 4.54. The number of aromatic nitrogens is 4. The first kappa shape index (κ1) is 18.5. The largest absolute Gasteiger partial charge is 0.387 e. The van der Waals surface area contributed by atoms with Crippen molar-refractivity contribution >= 4 is 29.2 Å². The number of aliphatic hydroxyl groups is 1. The minimum Gasteiger partial charge on any atom is -0.387 e. The van der Waals surface area contributed by atoms with Gasteiger partial charge in [-0.3, -0.25) is 14.3 Å². The first-order valence-electron chi connectivity index (χ1n) is 9.25. The predicted molar refractivity (Wildman–Crippen MR) is 102 cm³/mol. The fourth-order valence-corrected chi connectivity index (χ4v) is 5.18. The Morgan fingerprint density at radius 3 is 2.74 bits per heavy atom. The van der Waals surface area contributed by atoms with E-state index in [2.05, 4.69) is 9.97 Å². The number of aryl methyl sites for hydroxylation is 1. The van der Waals surface area contributed by atoms with E-state index in [1.54, 1.807) is 27.5 Å². The third-order valence-electron chi connectivity index (χ3n) is 6.44. The Bertz CT molecular complexity index is 933. The van der Waals surface area contributed by atoms with Crippen molar-refractivity contribution in [3.63, 3.8) is 0 Å². The molecule has 2 aromatic rings. The van der Waals surface area contributed by atoms with Crippen LogP contribution in [-0.2, 0) is 18.4 Å². The second-order valence-corrected chi connectivity index (χ2v) is 8.54. The van der Waals surface area contributed by atoms with E-state index in [4.69, 9.17) is 0 Å². The molecule has 3 heterocycles. The quantitative estimate of drug-likeness (QED) is 0.616. The fourth-order valence-electron chi connectivity index (χ4n) is 4.84. The van der Waals surface area contributed by atoms with Gasteiger partial charge in [0.05, 0.1) is 12.1 Å². The number of hydrogen-bond acceptors (Lipinski definition) is 6. The molecule has 0 aromatic carbocycles.